The summed E-state index contributed by atoms with van der Waals surface area (Å²) in [5, 5.41) is 4.55. The van der Waals surface area contributed by atoms with Crippen LogP contribution in [-0.2, 0) is 11.3 Å². The molecule has 1 heterocycles. The van der Waals surface area contributed by atoms with Gasteiger partial charge in [-0.1, -0.05) is 35.3 Å². The van der Waals surface area contributed by atoms with E-state index in [9.17, 15) is 4.79 Å². The molecule has 2 aromatic rings. The third-order valence-corrected chi connectivity index (χ3v) is 5.83. The molecule has 3 rings (SSSR count). The molecule has 1 fully saturated rings. The minimum atomic E-state index is 0.0192. The van der Waals surface area contributed by atoms with E-state index in [-0.39, 0.29) is 18.6 Å². The van der Waals surface area contributed by atoms with Gasteiger partial charge in [0, 0.05) is 25.7 Å². The Bertz CT molecular complexity index is 854. The van der Waals surface area contributed by atoms with Crippen LogP contribution in [0, 0.1) is 0 Å². The first-order valence-electron chi connectivity index (χ1n) is 9.73. The molecule has 7 heteroatoms. The van der Waals surface area contributed by atoms with E-state index in [0.29, 0.717) is 28.1 Å². The molecule has 2 aromatic carbocycles. The van der Waals surface area contributed by atoms with Gasteiger partial charge >= 0.3 is 0 Å². The van der Waals surface area contributed by atoms with Crippen LogP contribution in [0.25, 0.3) is 0 Å². The van der Waals surface area contributed by atoms with E-state index in [1.54, 1.807) is 13.2 Å². The molecule has 0 aromatic heterocycles. The van der Waals surface area contributed by atoms with E-state index in [4.69, 9.17) is 32.7 Å². The van der Waals surface area contributed by atoms with Crippen molar-refractivity contribution >= 4 is 29.1 Å². The third-order valence-electron chi connectivity index (χ3n) is 5.09. The lowest BCUT2D eigenvalue weighted by Crippen LogP contribution is -2.32. The summed E-state index contributed by atoms with van der Waals surface area (Å²) >= 11 is 12.1. The fraction of sp³-hybridized carbons (Fsp3) is 0.409. The van der Waals surface area contributed by atoms with Gasteiger partial charge in [-0.15, -0.1) is 0 Å². The number of rotatable bonds is 8. The Morgan fingerprint density at radius 2 is 1.86 bits per heavy atom. The number of carbonyl (C=O) groups excluding carboxylic acids is 1. The molecular weight excluding hydrogens is 411 g/mol. The minimum Gasteiger partial charge on any atom is -0.493 e. The Balaban J connectivity index is 1.57. The van der Waals surface area contributed by atoms with Crippen LogP contribution in [-0.4, -0.2) is 37.6 Å². The van der Waals surface area contributed by atoms with Crippen LogP contribution in [0.3, 0.4) is 0 Å². The topological polar surface area (TPSA) is 50.8 Å². The summed E-state index contributed by atoms with van der Waals surface area (Å²) in [5.41, 5.74) is 2.11. The molecular formula is C22H26Cl2N2O3. The zero-order valence-electron chi connectivity index (χ0n) is 16.7. The van der Waals surface area contributed by atoms with Gasteiger partial charge in [0.05, 0.1) is 17.2 Å². The van der Waals surface area contributed by atoms with Gasteiger partial charge in [-0.2, -0.15) is 0 Å². The predicted octanol–water partition coefficient (Wildman–Crippen LogP) is 4.85. The molecule has 1 aliphatic rings. The van der Waals surface area contributed by atoms with E-state index in [2.05, 4.69) is 12.2 Å². The number of hydrogen-bond acceptors (Lipinski definition) is 4. The molecule has 5 nitrogen and oxygen atoms in total. The summed E-state index contributed by atoms with van der Waals surface area (Å²) in [7, 11) is 1.60. The van der Waals surface area contributed by atoms with Crippen LogP contribution in [0.1, 0.15) is 36.9 Å². The summed E-state index contributed by atoms with van der Waals surface area (Å²) < 4.78 is 11.2. The predicted molar refractivity (Wildman–Crippen MR) is 116 cm³/mol. The van der Waals surface area contributed by atoms with Gasteiger partial charge in [0.15, 0.2) is 18.1 Å². The van der Waals surface area contributed by atoms with Crippen molar-refractivity contribution in [2.75, 3.05) is 26.8 Å². The molecule has 1 amide bonds. The number of benzene rings is 2. The zero-order valence-corrected chi connectivity index (χ0v) is 18.2. The van der Waals surface area contributed by atoms with Crippen molar-refractivity contribution in [2.45, 2.75) is 32.4 Å². The first-order valence-corrected chi connectivity index (χ1v) is 10.5. The van der Waals surface area contributed by atoms with Crippen LogP contribution < -0.4 is 14.8 Å². The Hall–Kier alpha value is -1.95. The molecule has 1 aliphatic heterocycles. The van der Waals surface area contributed by atoms with Crippen LogP contribution in [0.5, 0.6) is 11.5 Å². The lowest BCUT2D eigenvalue weighted by atomic mass is 10.1. The number of amides is 1. The number of nitrogens with one attached hydrogen (secondary N) is 1. The second kappa shape index (κ2) is 10.2. The van der Waals surface area contributed by atoms with Crippen molar-refractivity contribution in [3.8, 4) is 11.5 Å². The first kappa shape index (κ1) is 21.8. The van der Waals surface area contributed by atoms with Gasteiger partial charge in [0.25, 0.3) is 5.91 Å². The van der Waals surface area contributed by atoms with Gasteiger partial charge in [-0.3, -0.25) is 4.79 Å². The highest BCUT2D eigenvalue weighted by Gasteiger charge is 2.19. The molecule has 0 saturated carbocycles. The second-order valence-corrected chi connectivity index (χ2v) is 7.95. The molecule has 0 radical (unpaired) electrons. The Labute approximate surface area is 181 Å². The number of likely N-dealkylation sites (tertiary alicyclic amines) is 1. The maximum absolute atomic E-state index is 12.2. The number of methoxy groups -OCH3 is 1. The fourth-order valence-electron chi connectivity index (χ4n) is 3.31. The maximum atomic E-state index is 12.2. The molecule has 1 atom stereocenters. The lowest BCUT2D eigenvalue weighted by Gasteiger charge is -2.18. The van der Waals surface area contributed by atoms with Crippen LogP contribution in [0.15, 0.2) is 36.4 Å². The van der Waals surface area contributed by atoms with Crippen LogP contribution >= 0.6 is 23.2 Å². The van der Waals surface area contributed by atoms with Crippen molar-refractivity contribution in [3.05, 3.63) is 57.6 Å². The van der Waals surface area contributed by atoms with Crippen molar-refractivity contribution in [1.29, 1.82) is 0 Å². The first-order chi connectivity index (χ1) is 14.0. The van der Waals surface area contributed by atoms with Crippen LogP contribution in [0.2, 0.25) is 10.0 Å². The highest BCUT2D eigenvalue weighted by atomic mass is 35.5. The van der Waals surface area contributed by atoms with Gasteiger partial charge in [-0.05, 0) is 55.2 Å². The molecule has 1 unspecified atom stereocenters. The molecule has 0 bridgehead atoms. The van der Waals surface area contributed by atoms with Crippen molar-refractivity contribution in [2.24, 2.45) is 0 Å². The molecule has 0 aliphatic carbocycles. The highest BCUT2D eigenvalue weighted by molar-refractivity contribution is 6.42. The molecule has 1 saturated heterocycles. The minimum absolute atomic E-state index is 0.0192. The number of carbonyl (C=O) groups is 1. The smallest absolute Gasteiger partial charge is 0.260 e. The quantitative estimate of drug-likeness (QED) is 0.641. The SMILES string of the molecule is COc1cc(CNC(C)c2ccc(Cl)c(Cl)c2)ccc1OCC(=O)N1CCCC1. The molecule has 29 heavy (non-hydrogen) atoms. The summed E-state index contributed by atoms with van der Waals surface area (Å²) in [6.07, 6.45) is 2.13. The zero-order chi connectivity index (χ0) is 20.8. The van der Waals surface area contributed by atoms with Crippen molar-refractivity contribution in [3.63, 3.8) is 0 Å². The van der Waals surface area contributed by atoms with Gasteiger partial charge in [-0.25, -0.2) is 0 Å². The van der Waals surface area contributed by atoms with E-state index in [0.717, 1.165) is 37.1 Å². The van der Waals surface area contributed by atoms with Gasteiger partial charge < -0.3 is 19.7 Å². The number of nitrogens with zero attached hydrogens (tertiary/aromatic N) is 1. The van der Waals surface area contributed by atoms with E-state index in [1.165, 1.54) is 0 Å². The molecule has 1 N–H and O–H groups in total. The summed E-state index contributed by atoms with van der Waals surface area (Å²) in [6, 6.07) is 11.5. The van der Waals surface area contributed by atoms with Gasteiger partial charge in [0.2, 0.25) is 0 Å². The Kier molecular flexibility index (Phi) is 7.64. The molecule has 0 spiro atoms. The summed E-state index contributed by atoms with van der Waals surface area (Å²) in [5.74, 6) is 1.20. The van der Waals surface area contributed by atoms with Crippen molar-refractivity contribution in [1.82, 2.24) is 10.2 Å². The van der Waals surface area contributed by atoms with E-state index < -0.39 is 0 Å². The number of ether oxygens (including phenoxy) is 2. The number of halogens is 2. The summed E-state index contributed by atoms with van der Waals surface area (Å²) in [4.78, 5) is 14.0. The van der Waals surface area contributed by atoms with Crippen molar-refractivity contribution < 1.29 is 14.3 Å². The fourth-order valence-corrected chi connectivity index (χ4v) is 3.62. The van der Waals surface area contributed by atoms with E-state index >= 15 is 0 Å². The van der Waals surface area contributed by atoms with Gasteiger partial charge in [0.1, 0.15) is 0 Å². The largest absolute Gasteiger partial charge is 0.493 e. The highest BCUT2D eigenvalue weighted by Crippen LogP contribution is 2.29. The average Bonchev–Trinajstić information content (AvgIpc) is 3.27. The average molecular weight is 437 g/mol. The summed E-state index contributed by atoms with van der Waals surface area (Å²) in [6.45, 7) is 4.38. The molecule has 156 valence electrons. The van der Waals surface area contributed by atoms with E-state index in [1.807, 2.05) is 35.2 Å². The maximum Gasteiger partial charge on any atom is 0.260 e. The Morgan fingerprint density at radius 1 is 1.10 bits per heavy atom. The third kappa shape index (κ3) is 5.78. The van der Waals surface area contributed by atoms with Crippen LogP contribution in [0.4, 0.5) is 0 Å². The lowest BCUT2D eigenvalue weighted by molar-refractivity contribution is -0.132. The number of hydrogen-bond donors (Lipinski definition) is 1. The second-order valence-electron chi connectivity index (χ2n) is 7.14. The monoisotopic (exact) mass is 436 g/mol. The normalized spacial score (nSPS) is 14.7. The Morgan fingerprint density at radius 3 is 2.55 bits per heavy atom. The standard InChI is InChI=1S/C22H26Cl2N2O3/c1-15(17-6-7-18(23)19(24)12-17)25-13-16-5-8-20(21(11-16)28-2)29-14-22(27)26-9-3-4-10-26/h5-8,11-12,15,25H,3-4,9-10,13-14H2,1-2H3.